The van der Waals surface area contributed by atoms with Crippen molar-refractivity contribution in [2.45, 2.75) is 18.9 Å². The van der Waals surface area contributed by atoms with Crippen LogP contribution in [0.1, 0.15) is 12.5 Å². The number of furan rings is 1. The van der Waals surface area contributed by atoms with Crippen LogP contribution in [-0.2, 0) is 10.4 Å². The number of nitrogens with one attached hydrogen (secondary N) is 1. The van der Waals surface area contributed by atoms with Crippen molar-refractivity contribution in [3.63, 3.8) is 0 Å². The molecule has 0 fully saturated rings. The van der Waals surface area contributed by atoms with Crippen molar-refractivity contribution in [2.24, 2.45) is 0 Å². The van der Waals surface area contributed by atoms with Crippen molar-refractivity contribution in [3.8, 4) is 22.8 Å². The molecule has 2 aromatic heterocycles. The number of nitrogens with zero attached hydrogens (tertiary/aromatic N) is 1. The Morgan fingerprint density at radius 1 is 1.03 bits per heavy atom. The summed E-state index contributed by atoms with van der Waals surface area (Å²) in [5.41, 5.74) is 3.95. The van der Waals surface area contributed by atoms with Gasteiger partial charge in [0.15, 0.2) is 0 Å². The van der Waals surface area contributed by atoms with Crippen molar-refractivity contribution >= 4 is 0 Å². The van der Waals surface area contributed by atoms with Crippen LogP contribution in [-0.4, -0.2) is 11.3 Å². The first-order valence-electron chi connectivity index (χ1n) is 8.50. The third-order valence-electron chi connectivity index (χ3n) is 4.21. The molecule has 1 N–H and O–H groups in total. The van der Waals surface area contributed by atoms with Crippen LogP contribution in [0, 0.1) is 0 Å². The molecule has 29 heavy (non-hydrogen) atoms. The zero-order chi connectivity index (χ0) is 20.5. The summed E-state index contributed by atoms with van der Waals surface area (Å²) in [6.45, 7) is 1.75. The van der Waals surface area contributed by atoms with Gasteiger partial charge in [0.2, 0.25) is 5.88 Å². The summed E-state index contributed by atoms with van der Waals surface area (Å²) in [6, 6.07) is 10.8. The highest BCUT2D eigenvalue weighted by Crippen LogP contribution is 2.34. The SMILES string of the molecule is CC1(c2ccc(OC(F)(F)F)cc2)C=C(Oc2ccc(-c3ccoc3)nc2)NO1. The second kappa shape index (κ2) is 7.17. The third-order valence-corrected chi connectivity index (χ3v) is 4.21. The van der Waals surface area contributed by atoms with E-state index in [-0.39, 0.29) is 5.75 Å². The smallest absolute Gasteiger partial charge is 0.472 e. The van der Waals surface area contributed by atoms with Crippen LogP contribution in [0.3, 0.4) is 0 Å². The molecule has 3 aromatic rings. The van der Waals surface area contributed by atoms with Gasteiger partial charge >= 0.3 is 6.36 Å². The fourth-order valence-electron chi connectivity index (χ4n) is 2.79. The lowest BCUT2D eigenvalue weighted by atomic mass is 9.96. The van der Waals surface area contributed by atoms with E-state index in [1.807, 2.05) is 0 Å². The van der Waals surface area contributed by atoms with Crippen LogP contribution in [0.15, 0.2) is 77.6 Å². The van der Waals surface area contributed by atoms with E-state index in [1.54, 1.807) is 49.9 Å². The average molecular weight is 404 g/mol. The number of alkyl halides is 3. The van der Waals surface area contributed by atoms with Crippen LogP contribution in [0.4, 0.5) is 13.2 Å². The lowest BCUT2D eigenvalue weighted by molar-refractivity contribution is -0.274. The lowest BCUT2D eigenvalue weighted by Crippen LogP contribution is -2.23. The number of aromatic nitrogens is 1. The first-order chi connectivity index (χ1) is 13.8. The highest BCUT2D eigenvalue weighted by molar-refractivity contribution is 5.57. The largest absolute Gasteiger partial charge is 0.573 e. The molecule has 4 rings (SSSR count). The van der Waals surface area contributed by atoms with Crippen LogP contribution in [0.25, 0.3) is 11.3 Å². The molecule has 1 aliphatic rings. The summed E-state index contributed by atoms with van der Waals surface area (Å²) < 4.78 is 51.5. The Labute approximate surface area is 163 Å². The van der Waals surface area contributed by atoms with Gasteiger partial charge in [-0.1, -0.05) is 12.1 Å². The molecule has 1 aromatic carbocycles. The summed E-state index contributed by atoms with van der Waals surface area (Å²) in [6.07, 6.45) is 1.65. The molecular weight excluding hydrogens is 389 g/mol. The molecule has 0 aliphatic carbocycles. The molecule has 1 atom stereocenters. The zero-order valence-electron chi connectivity index (χ0n) is 15.1. The van der Waals surface area contributed by atoms with E-state index in [2.05, 4.69) is 15.2 Å². The van der Waals surface area contributed by atoms with Gasteiger partial charge in [0.05, 0.1) is 24.4 Å². The minimum absolute atomic E-state index is 0.306. The topological polar surface area (TPSA) is 65.8 Å². The third kappa shape index (κ3) is 4.35. The summed E-state index contributed by atoms with van der Waals surface area (Å²) in [5, 5.41) is 0. The fourth-order valence-corrected chi connectivity index (χ4v) is 2.79. The number of hydroxylamine groups is 1. The van der Waals surface area contributed by atoms with Crippen LogP contribution in [0.2, 0.25) is 0 Å². The predicted molar refractivity (Wildman–Crippen MR) is 95.3 cm³/mol. The molecular formula is C20H15F3N2O4. The molecule has 9 heteroatoms. The molecule has 3 heterocycles. The predicted octanol–water partition coefficient (Wildman–Crippen LogP) is 4.91. The first-order valence-corrected chi connectivity index (χ1v) is 8.50. The molecule has 0 saturated heterocycles. The maximum absolute atomic E-state index is 12.3. The first kappa shape index (κ1) is 18.9. The second-order valence-corrected chi connectivity index (χ2v) is 6.39. The van der Waals surface area contributed by atoms with Crippen molar-refractivity contribution in [1.29, 1.82) is 0 Å². The van der Waals surface area contributed by atoms with Gasteiger partial charge in [0.25, 0.3) is 0 Å². The van der Waals surface area contributed by atoms with Crippen LogP contribution in [0.5, 0.6) is 11.5 Å². The Hall–Kier alpha value is -3.46. The molecule has 1 unspecified atom stereocenters. The summed E-state index contributed by atoms with van der Waals surface area (Å²) in [5.74, 6) is 0.513. The maximum atomic E-state index is 12.3. The number of hydrogen-bond donors (Lipinski definition) is 1. The van der Waals surface area contributed by atoms with Gasteiger partial charge in [-0.3, -0.25) is 9.82 Å². The molecule has 6 nitrogen and oxygen atoms in total. The monoisotopic (exact) mass is 404 g/mol. The number of halogens is 3. The zero-order valence-corrected chi connectivity index (χ0v) is 15.1. The Kier molecular flexibility index (Phi) is 4.67. The number of hydrogen-bond acceptors (Lipinski definition) is 6. The quantitative estimate of drug-likeness (QED) is 0.652. The van der Waals surface area contributed by atoms with Gasteiger partial charge in [-0.2, -0.15) is 0 Å². The fraction of sp³-hybridized carbons (Fsp3) is 0.150. The van der Waals surface area contributed by atoms with E-state index < -0.39 is 12.0 Å². The van der Waals surface area contributed by atoms with Crippen LogP contribution < -0.4 is 15.0 Å². The van der Waals surface area contributed by atoms with Crippen molar-refractivity contribution in [3.05, 3.63) is 78.7 Å². The van der Waals surface area contributed by atoms with Gasteiger partial charge in [0.1, 0.15) is 17.1 Å². The van der Waals surface area contributed by atoms with E-state index in [0.717, 1.165) is 11.3 Å². The lowest BCUT2D eigenvalue weighted by Gasteiger charge is -2.20. The molecule has 150 valence electrons. The van der Waals surface area contributed by atoms with E-state index in [0.29, 0.717) is 17.2 Å². The minimum Gasteiger partial charge on any atom is -0.472 e. The second-order valence-electron chi connectivity index (χ2n) is 6.39. The Morgan fingerprint density at radius 2 is 1.79 bits per heavy atom. The normalized spacial score (nSPS) is 18.8. The molecule has 1 aliphatic heterocycles. The number of ether oxygens (including phenoxy) is 2. The van der Waals surface area contributed by atoms with E-state index >= 15 is 0 Å². The standard InChI is InChI=1S/C20H15F3N2O4/c1-19(14-2-4-15(5-3-14)28-20(21,22)23)10-18(25-29-19)27-16-6-7-17(24-11-16)13-8-9-26-12-13/h2-12,25H,1H3. The van der Waals surface area contributed by atoms with Gasteiger partial charge in [-0.15, -0.1) is 13.2 Å². The average Bonchev–Trinajstić information content (AvgIpc) is 3.33. The molecule has 0 spiro atoms. The Morgan fingerprint density at radius 3 is 2.41 bits per heavy atom. The van der Waals surface area contributed by atoms with E-state index in [9.17, 15) is 13.2 Å². The number of benzene rings is 1. The Balaban J connectivity index is 1.45. The number of pyridine rings is 1. The molecule has 0 bridgehead atoms. The van der Waals surface area contributed by atoms with Crippen LogP contribution >= 0.6 is 0 Å². The van der Waals surface area contributed by atoms with E-state index in [1.165, 1.54) is 24.3 Å². The molecule has 0 amide bonds. The minimum atomic E-state index is -4.74. The summed E-state index contributed by atoms with van der Waals surface area (Å²) in [7, 11) is 0. The van der Waals surface area contributed by atoms with Crippen molar-refractivity contribution in [1.82, 2.24) is 10.5 Å². The van der Waals surface area contributed by atoms with E-state index in [4.69, 9.17) is 14.0 Å². The number of rotatable bonds is 5. The maximum Gasteiger partial charge on any atom is 0.573 e. The molecule has 0 radical (unpaired) electrons. The molecule has 0 saturated carbocycles. The highest BCUT2D eigenvalue weighted by atomic mass is 19.4. The van der Waals surface area contributed by atoms with Crippen molar-refractivity contribution in [2.75, 3.05) is 0 Å². The summed E-state index contributed by atoms with van der Waals surface area (Å²) >= 11 is 0. The Bertz CT molecular complexity index is 1000. The van der Waals surface area contributed by atoms with Gasteiger partial charge < -0.3 is 13.9 Å². The van der Waals surface area contributed by atoms with Gasteiger partial charge in [0, 0.05) is 11.6 Å². The highest BCUT2D eigenvalue weighted by Gasteiger charge is 2.34. The van der Waals surface area contributed by atoms with Crippen molar-refractivity contribution < 1.29 is 31.9 Å². The van der Waals surface area contributed by atoms with Gasteiger partial charge in [-0.05, 0) is 42.8 Å². The summed E-state index contributed by atoms with van der Waals surface area (Å²) in [4.78, 5) is 9.88. The van der Waals surface area contributed by atoms with Gasteiger partial charge in [-0.25, -0.2) is 5.48 Å².